The maximum absolute atomic E-state index is 12.2. The second-order valence-electron chi connectivity index (χ2n) is 5.00. The van der Waals surface area contributed by atoms with E-state index in [1.807, 2.05) is 23.6 Å². The van der Waals surface area contributed by atoms with Crippen molar-refractivity contribution in [1.29, 1.82) is 0 Å². The number of nitrogens with zero attached hydrogens (tertiary/aromatic N) is 2. The van der Waals surface area contributed by atoms with E-state index in [-0.39, 0.29) is 18.9 Å². The van der Waals surface area contributed by atoms with E-state index in [0.717, 1.165) is 16.7 Å². The lowest BCUT2D eigenvalue weighted by molar-refractivity contribution is -0.115. The summed E-state index contributed by atoms with van der Waals surface area (Å²) in [5, 5.41) is 18.3. The van der Waals surface area contributed by atoms with Gasteiger partial charge in [0.1, 0.15) is 5.00 Å². The average Bonchev–Trinajstić information content (AvgIpc) is 3.16. The van der Waals surface area contributed by atoms with Gasteiger partial charge in [0.25, 0.3) is 0 Å². The van der Waals surface area contributed by atoms with Crippen molar-refractivity contribution in [3.8, 4) is 11.4 Å². The number of hydrogen-bond acceptors (Lipinski definition) is 6. The minimum absolute atomic E-state index is 0.00481. The highest BCUT2D eigenvalue weighted by Gasteiger charge is 2.14. The van der Waals surface area contributed by atoms with Crippen molar-refractivity contribution in [2.24, 2.45) is 0 Å². The normalized spacial score (nSPS) is 10.7. The number of benzene rings is 1. The van der Waals surface area contributed by atoms with E-state index in [0.29, 0.717) is 16.7 Å². The second kappa shape index (κ2) is 6.72. The van der Waals surface area contributed by atoms with Crippen LogP contribution in [0.4, 0.5) is 5.00 Å². The minimum Gasteiger partial charge on any atom is -0.392 e. The predicted octanol–water partition coefficient (Wildman–Crippen LogP) is 2.78. The van der Waals surface area contributed by atoms with E-state index in [9.17, 15) is 4.79 Å². The zero-order valence-corrected chi connectivity index (χ0v) is 13.3. The highest BCUT2D eigenvalue weighted by molar-refractivity contribution is 7.15. The van der Waals surface area contributed by atoms with E-state index >= 15 is 0 Å². The molecule has 2 N–H and O–H groups in total. The smallest absolute Gasteiger partial charge is 0.229 e. The molecule has 0 radical (unpaired) electrons. The van der Waals surface area contributed by atoms with Crippen molar-refractivity contribution in [2.45, 2.75) is 20.0 Å². The lowest BCUT2D eigenvalue weighted by Crippen LogP contribution is -2.14. The molecule has 0 aliphatic carbocycles. The quantitative estimate of drug-likeness (QED) is 0.751. The molecule has 118 valence electrons. The van der Waals surface area contributed by atoms with Gasteiger partial charge in [-0.1, -0.05) is 29.4 Å². The number of aryl methyl sites for hydroxylation is 1. The summed E-state index contributed by atoms with van der Waals surface area (Å²) in [4.78, 5) is 16.4. The molecule has 23 heavy (non-hydrogen) atoms. The first kappa shape index (κ1) is 15.4. The molecule has 0 aliphatic rings. The number of carbonyl (C=O) groups is 1. The molecular weight excluding hydrogens is 314 g/mol. The summed E-state index contributed by atoms with van der Waals surface area (Å²) in [5.74, 6) is 0.824. The molecule has 0 fully saturated rings. The first-order valence-corrected chi connectivity index (χ1v) is 7.90. The standard InChI is InChI=1S/C16H15N3O3S/c1-10-17-15(19-22-10)13-6-7-23-16(13)18-14(21)8-11-2-4-12(9-20)5-3-11/h2-7,20H,8-9H2,1H3,(H,18,21). The van der Waals surface area contributed by atoms with Crippen LogP contribution in [0.1, 0.15) is 17.0 Å². The molecule has 0 saturated heterocycles. The maximum Gasteiger partial charge on any atom is 0.229 e. The van der Waals surface area contributed by atoms with Gasteiger partial charge in [-0.25, -0.2) is 0 Å². The Balaban J connectivity index is 1.69. The van der Waals surface area contributed by atoms with Gasteiger partial charge in [0.2, 0.25) is 17.6 Å². The van der Waals surface area contributed by atoms with Gasteiger partial charge in [-0.3, -0.25) is 4.79 Å². The Morgan fingerprint density at radius 2 is 2.00 bits per heavy atom. The molecule has 0 unspecified atom stereocenters. The summed E-state index contributed by atoms with van der Waals surface area (Å²) in [6.07, 6.45) is 0.258. The van der Waals surface area contributed by atoms with E-state index < -0.39 is 0 Å². The fourth-order valence-electron chi connectivity index (χ4n) is 2.11. The van der Waals surface area contributed by atoms with Crippen LogP contribution in [-0.4, -0.2) is 21.2 Å². The molecule has 6 nitrogen and oxygen atoms in total. The topological polar surface area (TPSA) is 88.2 Å². The molecule has 0 aliphatic heterocycles. The second-order valence-corrected chi connectivity index (χ2v) is 5.92. The molecule has 3 rings (SSSR count). The Bertz CT molecular complexity index is 808. The summed E-state index contributed by atoms with van der Waals surface area (Å²) >= 11 is 1.41. The third-order valence-electron chi connectivity index (χ3n) is 3.26. The number of aliphatic hydroxyl groups is 1. The van der Waals surface area contributed by atoms with Crippen molar-refractivity contribution in [3.05, 3.63) is 52.7 Å². The van der Waals surface area contributed by atoms with Gasteiger partial charge < -0.3 is 14.9 Å². The monoisotopic (exact) mass is 329 g/mol. The number of nitrogens with one attached hydrogen (secondary N) is 1. The lowest BCUT2D eigenvalue weighted by Gasteiger charge is -2.05. The number of carbonyl (C=O) groups excluding carboxylic acids is 1. The van der Waals surface area contributed by atoms with Gasteiger partial charge in [-0.15, -0.1) is 11.3 Å². The first-order chi connectivity index (χ1) is 11.2. The number of thiophene rings is 1. The summed E-state index contributed by atoms with van der Waals surface area (Å²) in [7, 11) is 0. The van der Waals surface area contributed by atoms with Crippen LogP contribution in [0.25, 0.3) is 11.4 Å². The van der Waals surface area contributed by atoms with Crippen molar-refractivity contribution >= 4 is 22.2 Å². The van der Waals surface area contributed by atoms with Gasteiger partial charge in [-0.05, 0) is 22.6 Å². The van der Waals surface area contributed by atoms with Crippen LogP contribution in [0.15, 0.2) is 40.2 Å². The van der Waals surface area contributed by atoms with Crippen LogP contribution in [0.5, 0.6) is 0 Å². The van der Waals surface area contributed by atoms with Gasteiger partial charge in [0, 0.05) is 6.92 Å². The highest BCUT2D eigenvalue weighted by Crippen LogP contribution is 2.31. The number of hydrogen-bond donors (Lipinski definition) is 2. The Morgan fingerprint density at radius 3 is 2.65 bits per heavy atom. The fraction of sp³-hybridized carbons (Fsp3) is 0.188. The van der Waals surface area contributed by atoms with Crippen LogP contribution in [-0.2, 0) is 17.8 Å². The Kier molecular flexibility index (Phi) is 4.50. The molecule has 1 amide bonds. The van der Waals surface area contributed by atoms with E-state index in [2.05, 4.69) is 15.5 Å². The summed E-state index contributed by atoms with van der Waals surface area (Å²) in [6, 6.07) is 9.13. The van der Waals surface area contributed by atoms with Crippen LogP contribution in [0, 0.1) is 6.92 Å². The van der Waals surface area contributed by atoms with Gasteiger partial charge in [0.15, 0.2) is 0 Å². The molecule has 7 heteroatoms. The van der Waals surface area contributed by atoms with Crippen molar-refractivity contribution < 1.29 is 14.4 Å². The van der Waals surface area contributed by atoms with Gasteiger partial charge in [-0.2, -0.15) is 4.98 Å². The first-order valence-electron chi connectivity index (χ1n) is 7.02. The number of amides is 1. The number of aliphatic hydroxyl groups excluding tert-OH is 1. The Hall–Kier alpha value is -2.51. The number of anilines is 1. The van der Waals surface area contributed by atoms with E-state index in [1.54, 1.807) is 19.1 Å². The van der Waals surface area contributed by atoms with Crippen LogP contribution in [0.2, 0.25) is 0 Å². The van der Waals surface area contributed by atoms with Crippen molar-refractivity contribution in [2.75, 3.05) is 5.32 Å². The van der Waals surface area contributed by atoms with Gasteiger partial charge >= 0.3 is 0 Å². The average molecular weight is 329 g/mol. The fourth-order valence-corrected chi connectivity index (χ4v) is 2.91. The molecule has 2 aromatic heterocycles. The highest BCUT2D eigenvalue weighted by atomic mass is 32.1. The molecule has 3 aromatic rings. The minimum atomic E-state index is -0.120. The third kappa shape index (κ3) is 3.64. The number of rotatable bonds is 5. The van der Waals surface area contributed by atoms with Crippen LogP contribution >= 0.6 is 11.3 Å². The maximum atomic E-state index is 12.2. The number of aromatic nitrogens is 2. The molecule has 0 atom stereocenters. The SMILES string of the molecule is Cc1nc(-c2ccsc2NC(=O)Cc2ccc(CO)cc2)no1. The third-order valence-corrected chi connectivity index (χ3v) is 4.09. The summed E-state index contributed by atoms with van der Waals surface area (Å²) in [5.41, 5.74) is 2.45. The van der Waals surface area contributed by atoms with E-state index in [4.69, 9.17) is 9.63 Å². The van der Waals surface area contributed by atoms with E-state index in [1.165, 1.54) is 11.3 Å². The molecular formula is C16H15N3O3S. The Morgan fingerprint density at radius 1 is 1.26 bits per heavy atom. The van der Waals surface area contributed by atoms with Crippen molar-refractivity contribution in [3.63, 3.8) is 0 Å². The zero-order valence-electron chi connectivity index (χ0n) is 12.4. The molecule has 0 bridgehead atoms. The lowest BCUT2D eigenvalue weighted by atomic mass is 10.1. The molecule has 0 saturated carbocycles. The summed E-state index contributed by atoms with van der Waals surface area (Å²) in [6.45, 7) is 1.71. The Labute approximate surface area is 136 Å². The molecule has 2 heterocycles. The predicted molar refractivity (Wildman–Crippen MR) is 87.0 cm³/mol. The van der Waals surface area contributed by atoms with Crippen LogP contribution < -0.4 is 5.32 Å². The molecule has 1 aromatic carbocycles. The summed E-state index contributed by atoms with van der Waals surface area (Å²) < 4.78 is 4.98. The van der Waals surface area contributed by atoms with Crippen molar-refractivity contribution in [1.82, 2.24) is 10.1 Å². The molecule has 0 spiro atoms. The van der Waals surface area contributed by atoms with Crippen LogP contribution in [0.3, 0.4) is 0 Å². The zero-order chi connectivity index (χ0) is 16.2. The largest absolute Gasteiger partial charge is 0.392 e. The van der Waals surface area contributed by atoms with Gasteiger partial charge in [0.05, 0.1) is 18.6 Å².